The molecule has 1 aliphatic heterocycles. The number of nitro groups is 1. The predicted octanol–water partition coefficient (Wildman–Crippen LogP) is 2.55. The Morgan fingerprint density at radius 2 is 2.00 bits per heavy atom. The maximum absolute atomic E-state index is 11.2. The van der Waals surface area contributed by atoms with E-state index >= 15 is 0 Å². The second kappa shape index (κ2) is 7.76. The van der Waals surface area contributed by atoms with Crippen molar-refractivity contribution in [2.24, 2.45) is 5.92 Å². The van der Waals surface area contributed by atoms with Crippen molar-refractivity contribution in [3.63, 3.8) is 0 Å². The van der Waals surface area contributed by atoms with Gasteiger partial charge in [-0.3, -0.25) is 20.0 Å². The van der Waals surface area contributed by atoms with E-state index in [4.69, 9.17) is 4.74 Å². The Labute approximate surface area is 147 Å². The molecule has 2 aromatic rings. The Hall–Kier alpha value is -2.25. The molecule has 7 heteroatoms. The summed E-state index contributed by atoms with van der Waals surface area (Å²) in [4.78, 5) is 19.7. The van der Waals surface area contributed by atoms with Crippen LogP contribution in [0.1, 0.15) is 6.92 Å². The first-order valence-electron chi connectivity index (χ1n) is 8.57. The van der Waals surface area contributed by atoms with Gasteiger partial charge in [0.15, 0.2) is 0 Å². The van der Waals surface area contributed by atoms with Gasteiger partial charge in [-0.15, -0.1) is 0 Å². The molecule has 134 valence electrons. The van der Waals surface area contributed by atoms with Gasteiger partial charge in [0.2, 0.25) is 0 Å². The highest BCUT2D eigenvalue weighted by Gasteiger charge is 2.22. The first-order chi connectivity index (χ1) is 12.1. The van der Waals surface area contributed by atoms with Crippen molar-refractivity contribution < 1.29 is 9.66 Å². The largest absolute Gasteiger partial charge is 0.384 e. The molecule has 1 atom stereocenters. The predicted molar refractivity (Wildman–Crippen MR) is 98.1 cm³/mol. The van der Waals surface area contributed by atoms with Crippen molar-refractivity contribution in [1.82, 2.24) is 9.88 Å². The van der Waals surface area contributed by atoms with Gasteiger partial charge in [0.1, 0.15) is 0 Å². The molecule has 0 saturated carbocycles. The van der Waals surface area contributed by atoms with Gasteiger partial charge >= 0.3 is 0 Å². The van der Waals surface area contributed by atoms with Crippen molar-refractivity contribution >= 4 is 22.1 Å². The molecule has 1 aromatic heterocycles. The summed E-state index contributed by atoms with van der Waals surface area (Å²) in [6.07, 6.45) is 3.28. The molecule has 7 nitrogen and oxygen atoms in total. The van der Waals surface area contributed by atoms with Crippen molar-refractivity contribution in [2.45, 2.75) is 6.92 Å². The normalized spacial score (nSPS) is 17.0. The van der Waals surface area contributed by atoms with Crippen molar-refractivity contribution in [3.8, 4) is 0 Å². The van der Waals surface area contributed by atoms with Crippen LogP contribution in [0.15, 0.2) is 30.6 Å². The molecule has 0 bridgehead atoms. The number of hydrogen-bond acceptors (Lipinski definition) is 6. The number of benzene rings is 1. The van der Waals surface area contributed by atoms with Crippen LogP contribution in [0.4, 0.5) is 11.4 Å². The maximum atomic E-state index is 11.2. The second-order valence-electron chi connectivity index (χ2n) is 6.63. The summed E-state index contributed by atoms with van der Waals surface area (Å²) in [6, 6.07) is 5.32. The summed E-state index contributed by atoms with van der Waals surface area (Å²) in [6.45, 7) is 7.80. The Balaban J connectivity index is 1.76. The van der Waals surface area contributed by atoms with Crippen LogP contribution in [0.5, 0.6) is 0 Å². The highest BCUT2D eigenvalue weighted by molar-refractivity contribution is 5.99. The van der Waals surface area contributed by atoms with E-state index in [0.29, 0.717) is 11.3 Å². The average molecular weight is 344 g/mol. The summed E-state index contributed by atoms with van der Waals surface area (Å²) >= 11 is 0. The Morgan fingerprint density at radius 1 is 1.24 bits per heavy atom. The van der Waals surface area contributed by atoms with Gasteiger partial charge in [-0.05, 0) is 18.1 Å². The third-order valence-corrected chi connectivity index (χ3v) is 4.70. The van der Waals surface area contributed by atoms with Crippen LogP contribution < -0.4 is 4.90 Å². The first-order valence-corrected chi connectivity index (χ1v) is 8.57. The number of hydrogen-bond donors (Lipinski definition) is 0. The number of ether oxygens (including phenoxy) is 1. The standard InChI is InChI=1S/C18H24N4O3/c1-14(13-25-2)12-20-7-9-21(10-8-20)17-3-4-18(22(23)24)16-11-19-6-5-15(16)17/h3-6,11,14H,7-10,12-13H2,1-2H3. The first kappa shape index (κ1) is 17.6. The molecular formula is C18H24N4O3. The van der Waals surface area contributed by atoms with Gasteiger partial charge in [-0.1, -0.05) is 6.92 Å². The fraction of sp³-hybridized carbons (Fsp3) is 0.500. The molecule has 1 aliphatic rings. The molecule has 0 radical (unpaired) electrons. The third-order valence-electron chi connectivity index (χ3n) is 4.70. The highest BCUT2D eigenvalue weighted by atomic mass is 16.6. The molecule has 1 fully saturated rings. The van der Waals surface area contributed by atoms with Crippen LogP contribution in [0.25, 0.3) is 10.8 Å². The van der Waals surface area contributed by atoms with Gasteiger partial charge in [0.05, 0.1) is 10.3 Å². The second-order valence-corrected chi connectivity index (χ2v) is 6.63. The van der Waals surface area contributed by atoms with E-state index in [-0.39, 0.29) is 10.6 Å². The zero-order valence-corrected chi connectivity index (χ0v) is 14.7. The number of anilines is 1. The Bertz CT molecular complexity index is 744. The number of aromatic nitrogens is 1. The lowest BCUT2D eigenvalue weighted by molar-refractivity contribution is -0.383. The molecule has 3 rings (SSSR count). The smallest absolute Gasteiger partial charge is 0.278 e. The fourth-order valence-corrected chi connectivity index (χ4v) is 3.54. The van der Waals surface area contributed by atoms with Gasteiger partial charge < -0.3 is 9.64 Å². The van der Waals surface area contributed by atoms with Gasteiger partial charge in [-0.25, -0.2) is 0 Å². The lowest BCUT2D eigenvalue weighted by Gasteiger charge is -2.37. The van der Waals surface area contributed by atoms with Crippen LogP contribution in [-0.4, -0.2) is 61.2 Å². The Morgan fingerprint density at radius 3 is 2.68 bits per heavy atom. The van der Waals surface area contributed by atoms with Crippen LogP contribution in [-0.2, 0) is 4.74 Å². The molecule has 0 spiro atoms. The minimum atomic E-state index is -0.344. The number of nitrogens with zero attached hydrogens (tertiary/aromatic N) is 4. The monoisotopic (exact) mass is 344 g/mol. The quantitative estimate of drug-likeness (QED) is 0.592. The van der Waals surface area contributed by atoms with Gasteiger partial charge in [0.25, 0.3) is 5.69 Å². The lowest BCUT2D eigenvalue weighted by atomic mass is 10.1. The minimum absolute atomic E-state index is 0.110. The van der Waals surface area contributed by atoms with Crippen molar-refractivity contribution in [3.05, 3.63) is 40.7 Å². The molecule has 1 saturated heterocycles. The van der Waals surface area contributed by atoms with Crippen molar-refractivity contribution in [1.29, 1.82) is 0 Å². The molecule has 2 heterocycles. The van der Waals surface area contributed by atoms with Crippen LogP contribution in [0.3, 0.4) is 0 Å². The van der Waals surface area contributed by atoms with E-state index in [1.165, 1.54) is 0 Å². The zero-order chi connectivity index (χ0) is 17.8. The number of methoxy groups -OCH3 is 1. The molecule has 0 aliphatic carbocycles. The van der Waals surface area contributed by atoms with E-state index in [2.05, 4.69) is 21.7 Å². The number of non-ortho nitro benzene ring substituents is 1. The van der Waals surface area contributed by atoms with E-state index in [1.807, 2.05) is 12.1 Å². The average Bonchev–Trinajstić information content (AvgIpc) is 2.61. The number of piperazine rings is 1. The topological polar surface area (TPSA) is 71.7 Å². The lowest BCUT2D eigenvalue weighted by Crippen LogP contribution is -2.48. The number of fused-ring (bicyclic) bond motifs is 1. The summed E-state index contributed by atoms with van der Waals surface area (Å²) in [7, 11) is 1.74. The molecule has 25 heavy (non-hydrogen) atoms. The van der Waals surface area contributed by atoms with Gasteiger partial charge in [0, 0.05) is 76.0 Å². The van der Waals surface area contributed by atoms with Crippen molar-refractivity contribution in [2.75, 3.05) is 51.3 Å². The van der Waals surface area contributed by atoms with Gasteiger partial charge in [-0.2, -0.15) is 0 Å². The van der Waals surface area contributed by atoms with E-state index in [9.17, 15) is 10.1 Å². The number of nitro benzene ring substituents is 1. The maximum Gasteiger partial charge on any atom is 0.278 e. The van der Waals surface area contributed by atoms with E-state index < -0.39 is 0 Å². The molecular weight excluding hydrogens is 320 g/mol. The summed E-state index contributed by atoms with van der Waals surface area (Å²) in [5.41, 5.74) is 1.16. The summed E-state index contributed by atoms with van der Waals surface area (Å²) < 4.78 is 5.22. The van der Waals surface area contributed by atoms with Crippen LogP contribution in [0.2, 0.25) is 0 Å². The third kappa shape index (κ3) is 3.88. The fourth-order valence-electron chi connectivity index (χ4n) is 3.54. The van der Waals surface area contributed by atoms with E-state index in [1.54, 1.807) is 25.6 Å². The van der Waals surface area contributed by atoms with Crippen LogP contribution in [0, 0.1) is 16.0 Å². The minimum Gasteiger partial charge on any atom is -0.384 e. The van der Waals surface area contributed by atoms with E-state index in [0.717, 1.165) is 50.4 Å². The SMILES string of the molecule is COCC(C)CN1CCN(c2ccc([N+](=O)[O-])c3cnccc23)CC1. The molecule has 1 unspecified atom stereocenters. The zero-order valence-electron chi connectivity index (χ0n) is 14.7. The molecule has 0 amide bonds. The Kier molecular flexibility index (Phi) is 5.45. The summed E-state index contributed by atoms with van der Waals surface area (Å²) in [5.74, 6) is 0.517. The van der Waals surface area contributed by atoms with Crippen LogP contribution >= 0.6 is 0 Å². The number of rotatable bonds is 6. The molecule has 0 N–H and O–H groups in total. The molecule has 1 aromatic carbocycles. The highest BCUT2D eigenvalue weighted by Crippen LogP contribution is 2.33. The number of pyridine rings is 1. The summed E-state index contributed by atoms with van der Waals surface area (Å²) in [5, 5.41) is 12.7.